The van der Waals surface area contributed by atoms with Gasteiger partial charge in [-0.3, -0.25) is 9.89 Å². The number of benzene rings is 1. The minimum Gasteiger partial charge on any atom is -0.476 e. The van der Waals surface area contributed by atoms with Gasteiger partial charge in [-0.05, 0) is 35.8 Å². The number of carboxylic acids is 1. The van der Waals surface area contributed by atoms with E-state index in [-0.39, 0.29) is 29.5 Å². The van der Waals surface area contributed by atoms with Gasteiger partial charge in [0.05, 0.1) is 22.8 Å². The van der Waals surface area contributed by atoms with Gasteiger partial charge in [-0.15, -0.1) is 26.6 Å². The first-order chi connectivity index (χ1) is 18.2. The maximum atomic E-state index is 13.1. The van der Waals surface area contributed by atoms with Gasteiger partial charge < -0.3 is 25.7 Å². The molecule has 17 heteroatoms. The Bertz CT molecular complexity index is 1270. The third-order valence-electron chi connectivity index (χ3n) is 4.87. The first-order valence-electron chi connectivity index (χ1n) is 10.6. The molecule has 1 amide bonds. The molecule has 1 aliphatic heterocycles. The van der Waals surface area contributed by atoms with Gasteiger partial charge >= 0.3 is 12.1 Å². The lowest BCUT2D eigenvalue weighted by atomic mass is 10.1. The van der Waals surface area contributed by atoms with Crippen LogP contribution in [0.5, 0.6) is 0 Å². The minimum absolute atomic E-state index is 0.184. The summed E-state index contributed by atoms with van der Waals surface area (Å²) in [5.74, 6) is -1.41. The number of hydrogen-bond donors (Lipinski definition) is 1. The van der Waals surface area contributed by atoms with E-state index >= 15 is 0 Å². The van der Waals surface area contributed by atoms with E-state index in [0.29, 0.717) is 18.9 Å². The summed E-state index contributed by atoms with van der Waals surface area (Å²) in [6.07, 6.45) is -2.94. The predicted molar refractivity (Wildman–Crippen MR) is 132 cm³/mol. The summed E-state index contributed by atoms with van der Waals surface area (Å²) in [4.78, 5) is 26.5. The molecule has 0 bridgehead atoms. The van der Waals surface area contributed by atoms with Crippen molar-refractivity contribution in [3.8, 4) is 0 Å². The summed E-state index contributed by atoms with van der Waals surface area (Å²) in [6.45, 7) is 1.13. The summed E-state index contributed by atoms with van der Waals surface area (Å²) < 4.78 is 42.9. The summed E-state index contributed by atoms with van der Waals surface area (Å²) in [5, 5.41) is 28.6. The molecule has 2 N–H and O–H groups in total. The van der Waals surface area contributed by atoms with E-state index in [1.165, 1.54) is 63.6 Å². The van der Waals surface area contributed by atoms with Crippen LogP contribution < -0.4 is 4.90 Å². The molecule has 1 fully saturated rings. The van der Waals surface area contributed by atoms with Crippen LogP contribution in [-0.2, 0) is 6.18 Å². The van der Waals surface area contributed by atoms with Crippen molar-refractivity contribution in [1.82, 2.24) is 34.9 Å². The summed E-state index contributed by atoms with van der Waals surface area (Å²) >= 11 is 2.57. The zero-order valence-corrected chi connectivity index (χ0v) is 20.9. The third-order valence-corrected chi connectivity index (χ3v) is 5.80. The highest BCUT2D eigenvalue weighted by molar-refractivity contribution is 7.13. The first kappa shape index (κ1) is 28.3. The van der Waals surface area contributed by atoms with Gasteiger partial charge in [0.15, 0.2) is 11.5 Å². The Morgan fingerprint density at radius 1 is 0.974 bits per heavy atom. The van der Waals surface area contributed by atoms with Gasteiger partial charge in [-0.25, -0.2) is 4.79 Å². The number of alkyl halides is 3. The average Bonchev–Trinajstić information content (AvgIpc) is 3.66. The van der Waals surface area contributed by atoms with Crippen LogP contribution in [0.1, 0.15) is 26.4 Å². The van der Waals surface area contributed by atoms with Crippen molar-refractivity contribution in [2.24, 2.45) is 0 Å². The number of piperazine rings is 1. The normalized spacial score (nSPS) is 13.0. The van der Waals surface area contributed by atoms with Gasteiger partial charge in [-0.2, -0.15) is 13.2 Å². The molecular formula is C21H19F3N9O3S2-. The van der Waals surface area contributed by atoms with Crippen LogP contribution in [0.4, 0.5) is 24.1 Å². The van der Waals surface area contributed by atoms with Crippen LogP contribution >= 0.6 is 22.9 Å². The van der Waals surface area contributed by atoms with Crippen LogP contribution in [0.15, 0.2) is 53.5 Å². The van der Waals surface area contributed by atoms with E-state index in [2.05, 4.69) is 30.0 Å². The Morgan fingerprint density at radius 2 is 1.71 bits per heavy atom. The van der Waals surface area contributed by atoms with Gasteiger partial charge in [-0.1, -0.05) is 16.6 Å². The fourth-order valence-corrected chi connectivity index (χ4v) is 3.70. The summed E-state index contributed by atoms with van der Waals surface area (Å²) in [7, 11) is 0. The number of carboxylic acid groups (broad SMARTS) is 1. The Kier molecular flexibility index (Phi) is 9.94. The van der Waals surface area contributed by atoms with E-state index < -0.39 is 23.6 Å². The molecule has 4 heterocycles. The van der Waals surface area contributed by atoms with Crippen molar-refractivity contribution >= 4 is 45.7 Å². The number of nitrogens with one attached hydrogen (secondary N) is 1. The number of aromatic nitrogens is 6. The number of amides is 1. The number of hydrogen-bond acceptors (Lipinski definition) is 11. The van der Waals surface area contributed by atoms with E-state index in [1.807, 2.05) is 5.38 Å². The highest BCUT2D eigenvalue weighted by Gasteiger charge is 2.36. The maximum Gasteiger partial charge on any atom is 0.417 e. The molecule has 0 saturated carbocycles. The number of halogens is 3. The molecule has 0 atom stereocenters. The lowest BCUT2D eigenvalue weighted by molar-refractivity contribution is -0.138. The van der Waals surface area contributed by atoms with Gasteiger partial charge in [0, 0.05) is 36.7 Å². The predicted octanol–water partition coefficient (Wildman–Crippen LogP) is 3.92. The quantitative estimate of drug-likeness (QED) is 0.385. The molecule has 4 aromatic rings. The molecule has 1 saturated heterocycles. The second-order valence-electron chi connectivity index (χ2n) is 7.24. The Morgan fingerprint density at radius 3 is 2.16 bits per heavy atom. The van der Waals surface area contributed by atoms with Crippen LogP contribution in [0.25, 0.3) is 5.73 Å². The number of rotatable bonds is 3. The molecule has 12 nitrogen and oxygen atoms in total. The Hall–Kier alpha value is -4.25. The topological polar surface area (TPSA) is 162 Å². The SMILES string of the molecule is O=C(O)c1ccc(N2CCN(C(=O)c3ccccc3C(F)(F)F)CC2)nn1.[NH-]c1nncs1.c1csnn1. The smallest absolute Gasteiger partial charge is 0.417 e. The fraction of sp³-hybridized carbons (Fsp3) is 0.238. The van der Waals surface area contributed by atoms with Gasteiger partial charge in [0.25, 0.3) is 5.91 Å². The monoisotopic (exact) mass is 566 g/mol. The maximum absolute atomic E-state index is 13.1. The molecule has 5 rings (SSSR count). The van der Waals surface area contributed by atoms with Crippen LogP contribution in [-0.4, -0.2) is 78.0 Å². The molecule has 0 unspecified atom stereocenters. The van der Waals surface area contributed by atoms with Crippen LogP contribution in [0.2, 0.25) is 0 Å². The Balaban J connectivity index is 0.000000298. The molecule has 0 spiro atoms. The highest BCUT2D eigenvalue weighted by Crippen LogP contribution is 2.32. The lowest BCUT2D eigenvalue weighted by Crippen LogP contribution is -2.49. The van der Waals surface area contributed by atoms with Crippen LogP contribution in [0.3, 0.4) is 0 Å². The standard InChI is InChI=1S/C17H15F3N4O3.C2H2N3S.C2H2N2S/c18-17(19,20)12-4-2-1-3-11(12)15(25)24-9-7-23(8-10-24)14-6-5-13(16(26)27)21-22-14;3-2-5-4-1-6-2;1-2-5-4-3-1/h1-6H,7-10H2,(H,26,27);1H,(H-,3,5);1-2H/q;-1;. The zero-order valence-electron chi connectivity index (χ0n) is 19.3. The number of carbonyl (C=O) groups excluding carboxylic acids is 1. The molecule has 1 aliphatic rings. The Labute approximate surface area is 221 Å². The number of anilines is 1. The zero-order chi connectivity index (χ0) is 27.5. The van der Waals surface area contributed by atoms with E-state index in [1.54, 1.807) is 11.1 Å². The minimum atomic E-state index is -4.60. The van der Waals surface area contributed by atoms with Crippen molar-refractivity contribution in [3.05, 3.63) is 76.0 Å². The van der Waals surface area contributed by atoms with Crippen molar-refractivity contribution in [2.75, 3.05) is 31.1 Å². The van der Waals surface area contributed by atoms with E-state index in [9.17, 15) is 22.8 Å². The fourth-order valence-electron chi connectivity index (χ4n) is 3.14. The molecule has 0 radical (unpaired) electrons. The third kappa shape index (κ3) is 8.13. The van der Waals surface area contributed by atoms with Crippen molar-refractivity contribution < 1.29 is 27.9 Å². The van der Waals surface area contributed by atoms with E-state index in [4.69, 9.17) is 10.8 Å². The van der Waals surface area contributed by atoms with E-state index in [0.717, 1.165) is 6.07 Å². The summed E-state index contributed by atoms with van der Waals surface area (Å²) in [5.41, 5.74) is 6.74. The average molecular weight is 567 g/mol. The lowest BCUT2D eigenvalue weighted by Gasteiger charge is -2.35. The number of nitrogens with zero attached hydrogens (tertiary/aromatic N) is 8. The van der Waals surface area contributed by atoms with Crippen molar-refractivity contribution in [3.63, 3.8) is 0 Å². The van der Waals surface area contributed by atoms with Gasteiger partial charge in [0.2, 0.25) is 0 Å². The summed E-state index contributed by atoms with van der Waals surface area (Å²) in [6, 6.07) is 7.54. The second-order valence-corrected chi connectivity index (χ2v) is 8.72. The van der Waals surface area contributed by atoms with Crippen molar-refractivity contribution in [1.29, 1.82) is 0 Å². The van der Waals surface area contributed by atoms with Crippen molar-refractivity contribution in [2.45, 2.75) is 6.18 Å². The molecule has 200 valence electrons. The molecule has 1 aromatic carbocycles. The second kappa shape index (κ2) is 13.3. The molecule has 0 aliphatic carbocycles. The van der Waals surface area contributed by atoms with Gasteiger partial charge in [0.1, 0.15) is 0 Å². The molecule has 3 aromatic heterocycles. The highest BCUT2D eigenvalue weighted by atomic mass is 32.1. The first-order valence-corrected chi connectivity index (χ1v) is 12.3. The number of carbonyl (C=O) groups is 2. The molecule has 38 heavy (non-hydrogen) atoms. The van der Waals surface area contributed by atoms with Crippen LogP contribution in [0, 0.1) is 0 Å². The number of aromatic carboxylic acids is 1. The molecular weight excluding hydrogens is 547 g/mol. The largest absolute Gasteiger partial charge is 0.476 e.